The Kier molecular flexibility index (Phi) is 5.96. The van der Waals surface area contributed by atoms with E-state index in [-0.39, 0.29) is 11.2 Å². The average Bonchev–Trinajstić information content (AvgIpc) is 3.26. The van der Waals surface area contributed by atoms with Crippen LogP contribution in [0.2, 0.25) is 0 Å². The molecule has 5 rings (SSSR count). The summed E-state index contributed by atoms with van der Waals surface area (Å²) < 4.78 is 0. The summed E-state index contributed by atoms with van der Waals surface area (Å²) in [6.45, 7) is 5.19. The summed E-state index contributed by atoms with van der Waals surface area (Å²) in [5.74, 6) is 0.0866. The second-order valence-electron chi connectivity index (χ2n) is 8.20. The van der Waals surface area contributed by atoms with Crippen LogP contribution in [0, 0.1) is 0 Å². The molecule has 0 aromatic heterocycles. The monoisotopic (exact) mass is 429 g/mol. The van der Waals surface area contributed by atoms with Crippen molar-refractivity contribution in [3.8, 4) is 0 Å². The Morgan fingerprint density at radius 2 is 1.58 bits per heavy atom. The van der Waals surface area contributed by atoms with Gasteiger partial charge in [0.15, 0.2) is 0 Å². The van der Waals surface area contributed by atoms with Crippen LogP contribution >= 0.6 is 11.8 Å². The van der Waals surface area contributed by atoms with Gasteiger partial charge in [0.25, 0.3) is 0 Å². The molecule has 0 radical (unpaired) electrons. The number of piperazine rings is 1. The van der Waals surface area contributed by atoms with Gasteiger partial charge in [0.1, 0.15) is 0 Å². The van der Waals surface area contributed by atoms with Crippen LogP contribution in [0.15, 0.2) is 83.8 Å². The minimum Gasteiger partial charge on any atom is -0.369 e. The summed E-state index contributed by atoms with van der Waals surface area (Å²) in [6.07, 6.45) is 0.804. The molecule has 158 valence electrons. The predicted molar refractivity (Wildman–Crippen MR) is 129 cm³/mol. The summed E-state index contributed by atoms with van der Waals surface area (Å²) in [4.78, 5) is 18.9. The molecular formula is C26H27N3OS. The zero-order valence-electron chi connectivity index (χ0n) is 17.5. The summed E-state index contributed by atoms with van der Waals surface area (Å²) in [5, 5.41) is 3.05. The maximum atomic E-state index is 12.7. The van der Waals surface area contributed by atoms with E-state index in [1.165, 1.54) is 21.7 Å². The molecule has 2 aliphatic heterocycles. The molecule has 1 N–H and O–H groups in total. The van der Waals surface area contributed by atoms with E-state index in [2.05, 4.69) is 69.7 Å². The van der Waals surface area contributed by atoms with E-state index in [1.54, 1.807) is 11.8 Å². The molecule has 2 heterocycles. The van der Waals surface area contributed by atoms with E-state index in [0.717, 1.165) is 44.8 Å². The van der Waals surface area contributed by atoms with Gasteiger partial charge in [-0.3, -0.25) is 9.69 Å². The lowest BCUT2D eigenvalue weighted by atomic mass is 10.1. The van der Waals surface area contributed by atoms with Gasteiger partial charge in [0.2, 0.25) is 5.91 Å². The fraction of sp³-hybridized carbons (Fsp3) is 0.269. The molecule has 4 nitrogen and oxygen atoms in total. The van der Waals surface area contributed by atoms with Gasteiger partial charge in [-0.25, -0.2) is 0 Å². The van der Waals surface area contributed by atoms with Crippen LogP contribution in [0.25, 0.3) is 0 Å². The zero-order chi connectivity index (χ0) is 21.0. The zero-order valence-corrected chi connectivity index (χ0v) is 18.4. The number of hydrogen-bond donors (Lipinski definition) is 1. The summed E-state index contributed by atoms with van der Waals surface area (Å²) in [6, 6.07) is 27.3. The number of rotatable bonds is 5. The first kappa shape index (κ1) is 20.2. The van der Waals surface area contributed by atoms with Gasteiger partial charge >= 0.3 is 0 Å². The third kappa shape index (κ3) is 4.78. The second kappa shape index (κ2) is 9.16. The normalized spacial score (nSPS) is 18.6. The molecule has 1 amide bonds. The average molecular weight is 430 g/mol. The number of carbonyl (C=O) groups is 1. The molecule has 1 unspecified atom stereocenters. The first-order valence-corrected chi connectivity index (χ1v) is 11.8. The van der Waals surface area contributed by atoms with E-state index in [1.807, 2.05) is 24.3 Å². The highest BCUT2D eigenvalue weighted by Gasteiger charge is 2.28. The Balaban J connectivity index is 1.13. The lowest BCUT2D eigenvalue weighted by molar-refractivity contribution is -0.115. The molecule has 1 fully saturated rings. The first-order chi connectivity index (χ1) is 15.2. The van der Waals surface area contributed by atoms with Crippen LogP contribution in [-0.4, -0.2) is 42.2 Å². The predicted octanol–water partition coefficient (Wildman–Crippen LogP) is 4.66. The number of hydrogen-bond acceptors (Lipinski definition) is 4. The van der Waals surface area contributed by atoms with Gasteiger partial charge in [0, 0.05) is 49.0 Å². The Labute approximate surface area is 188 Å². The van der Waals surface area contributed by atoms with E-state index in [9.17, 15) is 4.79 Å². The van der Waals surface area contributed by atoms with Crippen molar-refractivity contribution in [2.75, 3.05) is 36.4 Å². The number of fused-ring (bicyclic) bond motifs is 1. The van der Waals surface area contributed by atoms with Gasteiger partial charge < -0.3 is 10.2 Å². The van der Waals surface area contributed by atoms with Gasteiger partial charge in [-0.1, -0.05) is 48.5 Å². The Morgan fingerprint density at radius 1 is 0.871 bits per heavy atom. The molecule has 1 saturated heterocycles. The molecule has 31 heavy (non-hydrogen) atoms. The topological polar surface area (TPSA) is 35.6 Å². The van der Waals surface area contributed by atoms with Gasteiger partial charge in [0.05, 0.1) is 5.25 Å². The van der Waals surface area contributed by atoms with Gasteiger partial charge in [-0.05, 0) is 47.9 Å². The van der Waals surface area contributed by atoms with Crippen molar-refractivity contribution < 1.29 is 4.79 Å². The van der Waals surface area contributed by atoms with Gasteiger partial charge in [-0.15, -0.1) is 11.8 Å². The molecule has 3 aromatic carbocycles. The largest absolute Gasteiger partial charge is 0.369 e. The van der Waals surface area contributed by atoms with Crippen molar-refractivity contribution in [1.82, 2.24) is 4.90 Å². The maximum Gasteiger partial charge on any atom is 0.238 e. The minimum atomic E-state index is -0.0465. The van der Waals surface area contributed by atoms with Crippen molar-refractivity contribution >= 4 is 29.0 Å². The summed E-state index contributed by atoms with van der Waals surface area (Å²) in [5.41, 5.74) is 4.74. The summed E-state index contributed by atoms with van der Waals surface area (Å²) in [7, 11) is 0. The standard InChI is InChI=1S/C26H27N3OS/c30-26(25-18-21-8-4-5-9-24(21)31-25)27-22-10-12-23(13-11-22)29-16-14-28(15-17-29)19-20-6-2-1-3-7-20/h1-13,25H,14-19H2,(H,27,30). The fourth-order valence-electron chi connectivity index (χ4n) is 4.31. The van der Waals surface area contributed by atoms with Crippen molar-refractivity contribution in [3.05, 3.63) is 90.0 Å². The van der Waals surface area contributed by atoms with Crippen LogP contribution in [0.1, 0.15) is 11.1 Å². The van der Waals surface area contributed by atoms with Crippen LogP contribution in [-0.2, 0) is 17.8 Å². The highest BCUT2D eigenvalue weighted by atomic mass is 32.2. The molecule has 0 spiro atoms. The van der Waals surface area contributed by atoms with Gasteiger partial charge in [-0.2, -0.15) is 0 Å². The van der Waals surface area contributed by atoms with E-state index < -0.39 is 0 Å². The third-order valence-electron chi connectivity index (χ3n) is 6.06. The molecular weight excluding hydrogens is 402 g/mol. The SMILES string of the molecule is O=C(Nc1ccc(N2CCN(Cc3ccccc3)CC2)cc1)C1Cc2ccccc2S1. The Hall–Kier alpha value is -2.76. The van der Waals surface area contributed by atoms with E-state index >= 15 is 0 Å². The van der Waals surface area contributed by atoms with Crippen molar-refractivity contribution in [2.45, 2.75) is 23.1 Å². The third-order valence-corrected chi connectivity index (χ3v) is 7.38. The number of benzene rings is 3. The number of nitrogens with one attached hydrogen (secondary N) is 1. The number of amides is 1. The highest BCUT2D eigenvalue weighted by Crippen LogP contribution is 2.37. The van der Waals surface area contributed by atoms with Crippen LogP contribution in [0.4, 0.5) is 11.4 Å². The van der Waals surface area contributed by atoms with Crippen LogP contribution < -0.4 is 10.2 Å². The minimum absolute atomic E-state index is 0.0465. The maximum absolute atomic E-state index is 12.7. The molecule has 1 atom stereocenters. The summed E-state index contributed by atoms with van der Waals surface area (Å²) >= 11 is 1.67. The van der Waals surface area contributed by atoms with Crippen molar-refractivity contribution in [3.63, 3.8) is 0 Å². The molecule has 3 aromatic rings. The fourth-order valence-corrected chi connectivity index (χ4v) is 5.51. The molecule has 5 heteroatoms. The highest BCUT2D eigenvalue weighted by molar-refractivity contribution is 8.01. The molecule has 2 aliphatic rings. The van der Waals surface area contributed by atoms with Crippen molar-refractivity contribution in [1.29, 1.82) is 0 Å². The number of anilines is 2. The van der Waals surface area contributed by atoms with Crippen LogP contribution in [0.3, 0.4) is 0 Å². The first-order valence-electron chi connectivity index (χ1n) is 10.9. The molecule has 0 bridgehead atoms. The van der Waals surface area contributed by atoms with E-state index in [0.29, 0.717) is 0 Å². The molecule has 0 saturated carbocycles. The number of nitrogens with zero attached hydrogens (tertiary/aromatic N) is 2. The quantitative estimate of drug-likeness (QED) is 0.640. The molecule has 0 aliphatic carbocycles. The van der Waals surface area contributed by atoms with Crippen LogP contribution in [0.5, 0.6) is 0 Å². The number of carbonyl (C=O) groups excluding carboxylic acids is 1. The smallest absolute Gasteiger partial charge is 0.238 e. The Morgan fingerprint density at radius 3 is 2.32 bits per heavy atom. The number of thioether (sulfide) groups is 1. The van der Waals surface area contributed by atoms with Crippen molar-refractivity contribution in [2.24, 2.45) is 0 Å². The lowest BCUT2D eigenvalue weighted by Gasteiger charge is -2.36. The lowest BCUT2D eigenvalue weighted by Crippen LogP contribution is -2.45. The second-order valence-corrected chi connectivity index (χ2v) is 9.45. The Bertz CT molecular complexity index is 1010. The van der Waals surface area contributed by atoms with E-state index in [4.69, 9.17) is 0 Å².